The third kappa shape index (κ3) is 3.98. The largest absolute Gasteiger partial charge is 0.310 e. The van der Waals surface area contributed by atoms with Crippen molar-refractivity contribution in [3.05, 3.63) is 18.2 Å². The molecule has 0 atom stereocenters. The van der Waals surface area contributed by atoms with E-state index in [0.717, 1.165) is 31.0 Å². The Morgan fingerprint density at radius 3 is 2.71 bits per heavy atom. The van der Waals surface area contributed by atoms with Crippen LogP contribution < -0.4 is 5.32 Å². The number of hydrogen-bond acceptors (Lipinski definition) is 4. The molecule has 21 heavy (non-hydrogen) atoms. The number of piperidine rings is 1. The van der Waals surface area contributed by atoms with Crippen molar-refractivity contribution in [3.63, 3.8) is 0 Å². The third-order valence-corrected chi connectivity index (χ3v) is 5.68. The minimum atomic E-state index is 0.134. The number of rotatable bonds is 4. The van der Waals surface area contributed by atoms with Crippen molar-refractivity contribution in [2.24, 2.45) is 5.92 Å². The van der Waals surface area contributed by atoms with Gasteiger partial charge in [-0.05, 0) is 58.0 Å². The maximum absolute atomic E-state index is 12.0. The SMILES string of the molecule is CN1CCC(Sc2cccc(NC(=O)C3CCC3)n2)CC1. The van der Waals surface area contributed by atoms with E-state index < -0.39 is 0 Å². The van der Waals surface area contributed by atoms with Gasteiger partial charge in [0, 0.05) is 11.2 Å². The van der Waals surface area contributed by atoms with Gasteiger partial charge in [0.2, 0.25) is 5.91 Å². The predicted molar refractivity (Wildman–Crippen MR) is 86.6 cm³/mol. The minimum absolute atomic E-state index is 0.134. The van der Waals surface area contributed by atoms with Crippen molar-refractivity contribution < 1.29 is 4.79 Å². The number of nitrogens with zero attached hydrogens (tertiary/aromatic N) is 2. The van der Waals surface area contributed by atoms with Crippen LogP contribution in [0, 0.1) is 5.92 Å². The van der Waals surface area contributed by atoms with Crippen LogP contribution in [0.5, 0.6) is 0 Å². The highest BCUT2D eigenvalue weighted by Gasteiger charge is 2.25. The van der Waals surface area contributed by atoms with Crippen LogP contribution in [0.1, 0.15) is 32.1 Å². The summed E-state index contributed by atoms with van der Waals surface area (Å²) in [5.41, 5.74) is 0. The zero-order valence-corrected chi connectivity index (χ0v) is 13.4. The molecule has 114 valence electrons. The Kier molecular flexibility index (Phi) is 4.80. The van der Waals surface area contributed by atoms with Gasteiger partial charge in [-0.1, -0.05) is 12.5 Å². The van der Waals surface area contributed by atoms with Crippen LogP contribution in [0.4, 0.5) is 5.82 Å². The first-order chi connectivity index (χ1) is 10.2. The molecule has 1 saturated carbocycles. The van der Waals surface area contributed by atoms with Crippen molar-refractivity contribution in [3.8, 4) is 0 Å². The van der Waals surface area contributed by atoms with Crippen LogP contribution in [0.15, 0.2) is 23.2 Å². The zero-order valence-electron chi connectivity index (χ0n) is 12.5. The number of carbonyl (C=O) groups is 1. The first-order valence-electron chi connectivity index (χ1n) is 7.84. The lowest BCUT2D eigenvalue weighted by molar-refractivity contribution is -0.122. The molecule has 0 bridgehead atoms. The van der Waals surface area contributed by atoms with Gasteiger partial charge in [0.25, 0.3) is 0 Å². The van der Waals surface area contributed by atoms with Gasteiger partial charge in [-0.15, -0.1) is 11.8 Å². The normalized spacial score (nSPS) is 21.0. The molecule has 0 spiro atoms. The Hall–Kier alpha value is -1.07. The second-order valence-electron chi connectivity index (χ2n) is 6.10. The summed E-state index contributed by atoms with van der Waals surface area (Å²) in [6.45, 7) is 2.32. The number of amides is 1. The standard InChI is InChI=1S/C16H23N3OS/c1-19-10-8-13(9-11-19)21-15-7-3-6-14(17-15)18-16(20)12-4-2-5-12/h3,6-7,12-13H,2,4-5,8-11H2,1H3,(H,17,18,20). The highest BCUT2D eigenvalue weighted by Crippen LogP contribution is 2.30. The van der Waals surface area contributed by atoms with E-state index >= 15 is 0 Å². The van der Waals surface area contributed by atoms with E-state index in [4.69, 9.17) is 0 Å². The Labute approximate surface area is 130 Å². The van der Waals surface area contributed by atoms with Crippen molar-refractivity contribution in [1.82, 2.24) is 9.88 Å². The molecule has 1 aromatic rings. The quantitative estimate of drug-likeness (QED) is 0.929. The third-order valence-electron chi connectivity index (χ3n) is 4.40. The molecule has 0 aromatic carbocycles. The van der Waals surface area contributed by atoms with Crippen molar-refractivity contribution in [2.75, 3.05) is 25.5 Å². The Bertz CT molecular complexity index is 496. The van der Waals surface area contributed by atoms with Crippen molar-refractivity contribution in [2.45, 2.75) is 42.4 Å². The van der Waals surface area contributed by atoms with Crippen molar-refractivity contribution in [1.29, 1.82) is 0 Å². The molecule has 3 rings (SSSR count). The summed E-state index contributed by atoms with van der Waals surface area (Å²) in [5, 5.41) is 4.63. The van der Waals surface area contributed by atoms with E-state index in [0.29, 0.717) is 11.1 Å². The number of aromatic nitrogens is 1. The lowest BCUT2D eigenvalue weighted by atomic mass is 9.85. The first kappa shape index (κ1) is 14.9. The monoisotopic (exact) mass is 305 g/mol. The molecular weight excluding hydrogens is 282 g/mol. The molecule has 2 fully saturated rings. The van der Waals surface area contributed by atoms with Crippen LogP contribution in [0.2, 0.25) is 0 Å². The number of carbonyl (C=O) groups excluding carboxylic acids is 1. The Morgan fingerprint density at radius 1 is 1.29 bits per heavy atom. The fourth-order valence-electron chi connectivity index (χ4n) is 2.72. The molecule has 2 heterocycles. The summed E-state index contributed by atoms with van der Waals surface area (Å²) in [4.78, 5) is 18.9. The molecule has 1 aliphatic heterocycles. The number of nitrogens with one attached hydrogen (secondary N) is 1. The highest BCUT2D eigenvalue weighted by molar-refractivity contribution is 7.99. The van der Waals surface area contributed by atoms with Crippen LogP contribution in [0.25, 0.3) is 0 Å². The first-order valence-corrected chi connectivity index (χ1v) is 8.72. The van der Waals surface area contributed by atoms with E-state index in [-0.39, 0.29) is 11.8 Å². The summed E-state index contributed by atoms with van der Waals surface area (Å²) in [7, 11) is 2.18. The number of anilines is 1. The second-order valence-corrected chi connectivity index (χ2v) is 7.42. The lowest BCUT2D eigenvalue weighted by Gasteiger charge is -2.28. The predicted octanol–water partition coefficient (Wildman–Crippen LogP) is 3.01. The summed E-state index contributed by atoms with van der Waals surface area (Å²) < 4.78 is 0. The van der Waals surface area contributed by atoms with Gasteiger partial charge in [-0.2, -0.15) is 0 Å². The fraction of sp³-hybridized carbons (Fsp3) is 0.625. The van der Waals surface area contributed by atoms with Crippen LogP contribution in [-0.2, 0) is 4.79 Å². The van der Waals surface area contributed by atoms with Gasteiger partial charge in [-0.3, -0.25) is 4.79 Å². The van der Waals surface area contributed by atoms with Crippen LogP contribution in [0.3, 0.4) is 0 Å². The molecule has 4 nitrogen and oxygen atoms in total. The van der Waals surface area contributed by atoms with Gasteiger partial charge >= 0.3 is 0 Å². The lowest BCUT2D eigenvalue weighted by Crippen LogP contribution is -2.31. The maximum atomic E-state index is 12.0. The van der Waals surface area contributed by atoms with Crippen molar-refractivity contribution >= 4 is 23.5 Å². The second kappa shape index (κ2) is 6.79. The minimum Gasteiger partial charge on any atom is -0.310 e. The smallest absolute Gasteiger partial charge is 0.228 e. The summed E-state index contributed by atoms with van der Waals surface area (Å²) in [5.74, 6) is 1.04. The summed E-state index contributed by atoms with van der Waals surface area (Å²) >= 11 is 1.85. The van der Waals surface area contributed by atoms with Gasteiger partial charge in [-0.25, -0.2) is 4.98 Å². The van der Waals surface area contributed by atoms with E-state index in [9.17, 15) is 4.79 Å². The number of thioether (sulfide) groups is 1. The van der Waals surface area contributed by atoms with Gasteiger partial charge in [0.15, 0.2) is 0 Å². The van der Waals surface area contributed by atoms with Gasteiger partial charge in [0.05, 0.1) is 5.03 Å². The molecule has 2 aliphatic rings. The average molecular weight is 305 g/mol. The summed E-state index contributed by atoms with van der Waals surface area (Å²) in [6.07, 6.45) is 5.65. The highest BCUT2D eigenvalue weighted by atomic mass is 32.2. The van der Waals surface area contributed by atoms with E-state index in [1.165, 1.54) is 19.3 Å². The zero-order chi connectivity index (χ0) is 14.7. The average Bonchev–Trinajstić information content (AvgIpc) is 2.40. The van der Waals surface area contributed by atoms with E-state index in [1.807, 2.05) is 30.0 Å². The fourth-order valence-corrected chi connectivity index (χ4v) is 3.82. The summed E-state index contributed by atoms with van der Waals surface area (Å²) in [6, 6.07) is 5.91. The molecule has 1 amide bonds. The molecular formula is C16H23N3OS. The molecule has 1 N–H and O–H groups in total. The topological polar surface area (TPSA) is 45.2 Å². The van der Waals surface area contributed by atoms with Gasteiger partial charge in [0.1, 0.15) is 5.82 Å². The Balaban J connectivity index is 1.56. The van der Waals surface area contributed by atoms with Gasteiger partial charge < -0.3 is 10.2 Å². The molecule has 0 radical (unpaired) electrons. The molecule has 5 heteroatoms. The van der Waals surface area contributed by atoms with Crippen LogP contribution >= 0.6 is 11.8 Å². The molecule has 1 saturated heterocycles. The number of pyridine rings is 1. The van der Waals surface area contributed by atoms with E-state index in [2.05, 4.69) is 22.2 Å². The number of hydrogen-bond donors (Lipinski definition) is 1. The number of likely N-dealkylation sites (tertiary alicyclic amines) is 1. The van der Waals surface area contributed by atoms with Crippen LogP contribution in [-0.4, -0.2) is 41.2 Å². The van der Waals surface area contributed by atoms with E-state index in [1.54, 1.807) is 0 Å². The maximum Gasteiger partial charge on any atom is 0.228 e. The molecule has 1 aromatic heterocycles. The Morgan fingerprint density at radius 2 is 2.05 bits per heavy atom. The molecule has 0 unspecified atom stereocenters. The molecule has 1 aliphatic carbocycles.